The van der Waals surface area contributed by atoms with Gasteiger partial charge in [-0.15, -0.1) is 0 Å². The fourth-order valence-corrected chi connectivity index (χ4v) is 4.26. The number of carbonyl (C=O) groups is 1. The summed E-state index contributed by atoms with van der Waals surface area (Å²) >= 11 is 0. The van der Waals surface area contributed by atoms with E-state index in [1.807, 2.05) is 36.2 Å². The maximum atomic E-state index is 12.6. The molecule has 200 valence electrons. The molecule has 37 heavy (non-hydrogen) atoms. The number of amides is 2. The third-order valence-corrected chi connectivity index (χ3v) is 6.66. The van der Waals surface area contributed by atoms with E-state index < -0.39 is 24.5 Å². The van der Waals surface area contributed by atoms with E-state index in [2.05, 4.69) is 41.0 Å². The number of anilines is 2. The Morgan fingerprint density at radius 1 is 1.11 bits per heavy atom. The first-order valence-corrected chi connectivity index (χ1v) is 12.2. The predicted octanol–water partition coefficient (Wildman–Crippen LogP) is 1.42. The minimum Gasteiger partial charge on any atom is -0.387 e. The van der Waals surface area contributed by atoms with Crippen molar-refractivity contribution in [3.8, 4) is 0 Å². The summed E-state index contributed by atoms with van der Waals surface area (Å²) in [6, 6.07) is 7.64. The first kappa shape index (κ1) is 26.7. The molecule has 1 unspecified atom stereocenters. The Kier molecular flexibility index (Phi) is 7.64. The van der Waals surface area contributed by atoms with Gasteiger partial charge in [-0.05, 0) is 30.2 Å². The highest BCUT2D eigenvalue weighted by Gasteiger charge is 2.44. The normalized spacial score (nSPS) is 22.1. The van der Waals surface area contributed by atoms with Crippen molar-refractivity contribution in [3.05, 3.63) is 42.5 Å². The number of rotatable bonds is 7. The van der Waals surface area contributed by atoms with Crippen molar-refractivity contribution in [2.45, 2.75) is 50.7 Å². The molecule has 0 bridgehead atoms. The zero-order valence-electron chi connectivity index (χ0n) is 21.9. The topological polar surface area (TPSA) is 155 Å². The van der Waals surface area contributed by atoms with Crippen LogP contribution in [0.1, 0.15) is 32.6 Å². The number of hydrogen-bond acceptors (Lipinski definition) is 9. The van der Waals surface area contributed by atoms with Crippen molar-refractivity contribution < 1.29 is 19.7 Å². The highest BCUT2D eigenvalue weighted by Crippen LogP contribution is 2.32. The van der Waals surface area contributed by atoms with Crippen LogP contribution in [0.25, 0.3) is 11.2 Å². The van der Waals surface area contributed by atoms with Gasteiger partial charge >= 0.3 is 6.03 Å². The molecule has 1 saturated heterocycles. The van der Waals surface area contributed by atoms with Crippen LogP contribution in [0.2, 0.25) is 0 Å². The monoisotopic (exact) mass is 512 g/mol. The molecular formula is C25H36N8O4. The molecule has 1 aliphatic heterocycles. The number of fused-ring (bicyclic) bond motifs is 1. The first-order chi connectivity index (χ1) is 17.5. The van der Waals surface area contributed by atoms with Crippen LogP contribution >= 0.6 is 0 Å². The van der Waals surface area contributed by atoms with Crippen LogP contribution in [0.15, 0.2) is 36.9 Å². The highest BCUT2D eigenvalue weighted by atomic mass is 16.6. The molecule has 0 aliphatic carbocycles. The SMILES string of the molecule is CN(CCN(C)C(=O)Nc1ccc(C(C)(C)C)cc1)C[C@H]1OC(n2cnc3c(N)ncnc32)[C@H](O)[C@@H]1O. The number of nitrogens with two attached hydrogens (primary N) is 1. The molecule has 4 rings (SSSR count). The molecule has 0 radical (unpaired) electrons. The van der Waals surface area contributed by atoms with Crippen molar-refractivity contribution in [1.29, 1.82) is 0 Å². The Hall–Kier alpha value is -3.32. The number of aromatic nitrogens is 4. The van der Waals surface area contributed by atoms with Crippen molar-refractivity contribution in [1.82, 2.24) is 29.3 Å². The second-order valence-corrected chi connectivity index (χ2v) is 10.6. The van der Waals surface area contributed by atoms with Crippen LogP contribution in [0.5, 0.6) is 0 Å². The van der Waals surface area contributed by atoms with E-state index in [9.17, 15) is 15.0 Å². The number of imidazole rings is 1. The van der Waals surface area contributed by atoms with E-state index in [0.717, 1.165) is 5.69 Å². The molecule has 5 N–H and O–H groups in total. The summed E-state index contributed by atoms with van der Waals surface area (Å²) in [4.78, 5) is 28.5. The lowest BCUT2D eigenvalue weighted by molar-refractivity contribution is -0.0423. The van der Waals surface area contributed by atoms with Gasteiger partial charge in [-0.1, -0.05) is 32.9 Å². The van der Waals surface area contributed by atoms with Crippen molar-refractivity contribution >= 4 is 28.7 Å². The number of nitrogens with one attached hydrogen (secondary N) is 1. The Morgan fingerprint density at radius 2 is 1.81 bits per heavy atom. The van der Waals surface area contributed by atoms with Gasteiger partial charge in [-0.3, -0.25) is 4.57 Å². The minimum atomic E-state index is -1.18. The smallest absolute Gasteiger partial charge is 0.321 e. The summed E-state index contributed by atoms with van der Waals surface area (Å²) in [6.45, 7) is 7.78. The van der Waals surface area contributed by atoms with Crippen LogP contribution < -0.4 is 11.1 Å². The number of hydrogen-bond donors (Lipinski definition) is 4. The highest BCUT2D eigenvalue weighted by molar-refractivity contribution is 5.89. The standard InChI is InChI=1S/C25H36N8O4/c1-25(2,3)15-6-8-16(9-7-15)30-24(36)32(5)11-10-31(4)12-17-19(34)20(35)23(37-17)33-14-29-18-21(26)27-13-28-22(18)33/h6-9,13-14,17,19-20,23,34-35H,10-12H2,1-5H3,(H,30,36)(H2,26,27,28)/t17-,19-,20-,23?/m1/s1. The van der Waals surface area contributed by atoms with Gasteiger partial charge in [0.05, 0.1) is 6.33 Å². The largest absolute Gasteiger partial charge is 0.387 e. The van der Waals surface area contributed by atoms with Crippen LogP contribution in [0.3, 0.4) is 0 Å². The molecule has 12 heteroatoms. The molecule has 3 aromatic rings. The van der Waals surface area contributed by atoms with Crippen LogP contribution in [-0.2, 0) is 10.2 Å². The van der Waals surface area contributed by atoms with Gasteiger partial charge in [0.2, 0.25) is 0 Å². The average Bonchev–Trinajstić information content (AvgIpc) is 3.39. The van der Waals surface area contributed by atoms with E-state index in [1.165, 1.54) is 18.2 Å². The third kappa shape index (κ3) is 5.82. The van der Waals surface area contributed by atoms with Gasteiger partial charge in [0, 0.05) is 32.4 Å². The number of likely N-dealkylation sites (N-methyl/N-ethyl adjacent to an activating group) is 2. The summed E-state index contributed by atoms with van der Waals surface area (Å²) in [7, 11) is 3.60. The molecule has 0 spiro atoms. The minimum absolute atomic E-state index is 0.0471. The number of urea groups is 1. The summed E-state index contributed by atoms with van der Waals surface area (Å²) < 4.78 is 7.55. The zero-order chi connectivity index (χ0) is 26.9. The molecule has 2 amide bonds. The van der Waals surface area contributed by atoms with E-state index in [-0.39, 0.29) is 17.3 Å². The quantitative estimate of drug-likeness (QED) is 0.368. The summed E-state index contributed by atoms with van der Waals surface area (Å²) in [6.07, 6.45) is -1.03. The zero-order valence-corrected chi connectivity index (χ0v) is 21.9. The molecule has 1 fully saturated rings. The molecule has 12 nitrogen and oxygen atoms in total. The maximum Gasteiger partial charge on any atom is 0.321 e. The maximum absolute atomic E-state index is 12.6. The summed E-state index contributed by atoms with van der Waals surface area (Å²) in [5.41, 5.74) is 8.65. The Bertz CT molecular complexity index is 1230. The average molecular weight is 513 g/mol. The first-order valence-electron chi connectivity index (χ1n) is 12.2. The lowest BCUT2D eigenvalue weighted by Gasteiger charge is -2.25. The number of nitrogens with zero attached hydrogens (tertiary/aromatic N) is 6. The van der Waals surface area contributed by atoms with Crippen LogP contribution in [0.4, 0.5) is 16.3 Å². The molecule has 4 atom stereocenters. The van der Waals surface area contributed by atoms with E-state index in [1.54, 1.807) is 16.5 Å². The fraction of sp³-hybridized carbons (Fsp3) is 0.520. The van der Waals surface area contributed by atoms with Crippen LogP contribution in [-0.4, -0.2) is 97.6 Å². The molecule has 1 aliphatic rings. The van der Waals surface area contributed by atoms with Gasteiger partial charge in [-0.25, -0.2) is 19.7 Å². The number of aliphatic hydroxyl groups is 2. The number of carbonyl (C=O) groups excluding carboxylic acids is 1. The summed E-state index contributed by atoms with van der Waals surface area (Å²) in [5, 5.41) is 24.2. The lowest BCUT2D eigenvalue weighted by atomic mass is 9.87. The van der Waals surface area contributed by atoms with Gasteiger partial charge in [-0.2, -0.15) is 0 Å². The van der Waals surface area contributed by atoms with E-state index in [4.69, 9.17) is 10.5 Å². The third-order valence-electron chi connectivity index (χ3n) is 6.66. The number of aliphatic hydroxyl groups excluding tert-OH is 2. The van der Waals surface area contributed by atoms with Gasteiger partial charge < -0.3 is 35.8 Å². The second kappa shape index (κ2) is 10.6. The number of ether oxygens (including phenoxy) is 1. The van der Waals surface area contributed by atoms with Gasteiger partial charge in [0.25, 0.3) is 0 Å². The molecule has 2 aromatic heterocycles. The van der Waals surface area contributed by atoms with Crippen molar-refractivity contribution in [3.63, 3.8) is 0 Å². The molecule has 0 saturated carbocycles. The van der Waals surface area contributed by atoms with E-state index in [0.29, 0.717) is 30.8 Å². The van der Waals surface area contributed by atoms with E-state index >= 15 is 0 Å². The van der Waals surface area contributed by atoms with Crippen LogP contribution in [0, 0.1) is 0 Å². The molecule has 3 heterocycles. The number of nitrogen functional groups attached to an aromatic ring is 1. The van der Waals surface area contributed by atoms with Gasteiger partial charge in [0.15, 0.2) is 17.7 Å². The van der Waals surface area contributed by atoms with Gasteiger partial charge in [0.1, 0.15) is 30.2 Å². The Morgan fingerprint density at radius 3 is 2.49 bits per heavy atom. The van der Waals surface area contributed by atoms with Crippen molar-refractivity contribution in [2.24, 2.45) is 0 Å². The fourth-order valence-electron chi connectivity index (χ4n) is 4.26. The van der Waals surface area contributed by atoms with Crippen molar-refractivity contribution in [2.75, 3.05) is 44.8 Å². The molecule has 1 aromatic carbocycles. The Labute approximate surface area is 216 Å². The molecular weight excluding hydrogens is 476 g/mol. The summed E-state index contributed by atoms with van der Waals surface area (Å²) in [5.74, 6) is 0.225. The predicted molar refractivity (Wildman–Crippen MR) is 140 cm³/mol. The Balaban J connectivity index is 1.29. The lowest BCUT2D eigenvalue weighted by Crippen LogP contribution is -2.42. The number of benzene rings is 1. The second-order valence-electron chi connectivity index (χ2n) is 10.6.